The zero-order valence-corrected chi connectivity index (χ0v) is 19.9. The number of hydrogen-bond acceptors (Lipinski definition) is 4. The number of amides is 2. The lowest BCUT2D eigenvalue weighted by molar-refractivity contribution is -0.138. The molecular formula is C26H27F4N3O4. The van der Waals surface area contributed by atoms with Crippen LogP contribution in [0.5, 0.6) is 0 Å². The Morgan fingerprint density at radius 3 is 2.46 bits per heavy atom. The summed E-state index contributed by atoms with van der Waals surface area (Å²) in [6.07, 6.45) is -2.13. The fraction of sp³-hybridized carbons (Fsp3) is 0.346. The van der Waals surface area contributed by atoms with Crippen LogP contribution >= 0.6 is 0 Å². The molecule has 0 aromatic heterocycles. The summed E-state index contributed by atoms with van der Waals surface area (Å²) >= 11 is 0. The Morgan fingerprint density at radius 1 is 1.08 bits per heavy atom. The Morgan fingerprint density at radius 2 is 1.81 bits per heavy atom. The monoisotopic (exact) mass is 521 g/mol. The molecule has 2 N–H and O–H groups in total. The number of halogens is 4. The zero-order chi connectivity index (χ0) is 27.0. The number of piperazine rings is 1. The number of benzene rings is 2. The van der Waals surface area contributed by atoms with Gasteiger partial charge >= 0.3 is 12.1 Å². The predicted molar refractivity (Wildman–Crippen MR) is 128 cm³/mol. The summed E-state index contributed by atoms with van der Waals surface area (Å²) in [7, 11) is 0. The molecule has 1 heterocycles. The number of alkyl halides is 3. The molecule has 198 valence electrons. The standard InChI is InChI=1S/C26H27F4N3O4/c27-21-15-20(26(28,29)30)10-8-18(21)9-11-23(34)31-16-24(35)33-14-13-32(12-4-7-25(36)37)17-22(33)19-5-2-1-3-6-19/h1-3,5-6,8-11,15,22H,4,7,12-14,16-17H2,(H,31,34)(H,36,37)/b11-9+. The molecule has 1 aliphatic rings. The van der Waals surface area contributed by atoms with Gasteiger partial charge in [0.2, 0.25) is 11.8 Å². The Bertz CT molecular complexity index is 1140. The van der Waals surface area contributed by atoms with Crippen molar-refractivity contribution in [2.75, 3.05) is 32.7 Å². The minimum atomic E-state index is -4.68. The molecule has 1 aliphatic heterocycles. The van der Waals surface area contributed by atoms with Crippen LogP contribution in [0.3, 0.4) is 0 Å². The Hall–Kier alpha value is -3.73. The normalized spacial score (nSPS) is 16.6. The highest BCUT2D eigenvalue weighted by Crippen LogP contribution is 2.30. The second-order valence-corrected chi connectivity index (χ2v) is 8.60. The number of nitrogens with zero attached hydrogens (tertiary/aromatic N) is 2. The van der Waals surface area contributed by atoms with Crippen LogP contribution in [0.15, 0.2) is 54.6 Å². The number of nitrogens with one attached hydrogen (secondary N) is 1. The predicted octanol–water partition coefficient (Wildman–Crippen LogP) is 3.72. The lowest BCUT2D eigenvalue weighted by atomic mass is 10.0. The van der Waals surface area contributed by atoms with Crippen LogP contribution in [0.25, 0.3) is 6.08 Å². The number of carbonyl (C=O) groups excluding carboxylic acids is 2. The zero-order valence-electron chi connectivity index (χ0n) is 19.9. The van der Waals surface area contributed by atoms with Crippen molar-refractivity contribution in [3.8, 4) is 0 Å². The fourth-order valence-corrected chi connectivity index (χ4v) is 4.08. The smallest absolute Gasteiger partial charge is 0.416 e. The van der Waals surface area contributed by atoms with Gasteiger partial charge in [0.1, 0.15) is 5.82 Å². The first-order valence-corrected chi connectivity index (χ1v) is 11.7. The van der Waals surface area contributed by atoms with Crippen LogP contribution in [0, 0.1) is 5.82 Å². The first-order chi connectivity index (χ1) is 17.5. The topological polar surface area (TPSA) is 89.9 Å². The molecule has 0 spiro atoms. The molecule has 0 aliphatic carbocycles. The van der Waals surface area contributed by atoms with E-state index in [9.17, 15) is 31.9 Å². The van der Waals surface area contributed by atoms with Crippen LogP contribution in [0.4, 0.5) is 17.6 Å². The minimum Gasteiger partial charge on any atom is -0.481 e. The van der Waals surface area contributed by atoms with Gasteiger partial charge in [-0.25, -0.2) is 4.39 Å². The van der Waals surface area contributed by atoms with Crippen molar-refractivity contribution in [2.24, 2.45) is 0 Å². The maximum atomic E-state index is 14.0. The molecule has 2 aromatic rings. The van der Waals surface area contributed by atoms with Gasteiger partial charge in [-0.05, 0) is 36.7 Å². The largest absolute Gasteiger partial charge is 0.481 e. The van der Waals surface area contributed by atoms with Gasteiger partial charge in [0, 0.05) is 37.7 Å². The molecule has 2 amide bonds. The molecule has 0 bridgehead atoms. The molecule has 2 aromatic carbocycles. The van der Waals surface area contributed by atoms with E-state index in [1.54, 1.807) is 4.90 Å². The summed E-state index contributed by atoms with van der Waals surface area (Å²) in [6, 6.07) is 11.1. The molecule has 0 radical (unpaired) electrons. The van der Waals surface area contributed by atoms with Gasteiger partial charge in [-0.1, -0.05) is 36.4 Å². The molecule has 1 fully saturated rings. The average molecular weight is 522 g/mol. The third kappa shape index (κ3) is 8.14. The van der Waals surface area contributed by atoms with Crippen molar-refractivity contribution in [3.63, 3.8) is 0 Å². The lowest BCUT2D eigenvalue weighted by Gasteiger charge is -2.42. The molecule has 37 heavy (non-hydrogen) atoms. The number of hydrogen-bond donors (Lipinski definition) is 2. The molecule has 0 saturated carbocycles. The second-order valence-electron chi connectivity index (χ2n) is 8.60. The van der Waals surface area contributed by atoms with Crippen molar-refractivity contribution in [1.82, 2.24) is 15.1 Å². The van der Waals surface area contributed by atoms with Crippen molar-refractivity contribution < 1.29 is 37.1 Å². The van der Waals surface area contributed by atoms with E-state index < -0.39 is 29.4 Å². The van der Waals surface area contributed by atoms with Crippen molar-refractivity contribution in [1.29, 1.82) is 0 Å². The quantitative estimate of drug-likeness (QED) is 0.388. The van der Waals surface area contributed by atoms with Gasteiger partial charge in [-0.2, -0.15) is 13.2 Å². The maximum absolute atomic E-state index is 14.0. The highest BCUT2D eigenvalue weighted by molar-refractivity contribution is 5.94. The average Bonchev–Trinajstić information content (AvgIpc) is 2.86. The Labute approximate surface area is 211 Å². The molecule has 7 nitrogen and oxygen atoms in total. The van der Waals surface area contributed by atoms with Gasteiger partial charge in [-0.15, -0.1) is 0 Å². The number of carbonyl (C=O) groups is 3. The van der Waals surface area contributed by atoms with E-state index in [0.29, 0.717) is 38.7 Å². The number of aliphatic carboxylic acids is 1. The molecule has 11 heteroatoms. The lowest BCUT2D eigenvalue weighted by Crippen LogP contribution is -2.52. The van der Waals surface area contributed by atoms with Gasteiger partial charge < -0.3 is 15.3 Å². The van der Waals surface area contributed by atoms with Gasteiger partial charge in [0.25, 0.3) is 0 Å². The van der Waals surface area contributed by atoms with Crippen LogP contribution in [-0.4, -0.2) is 65.4 Å². The van der Waals surface area contributed by atoms with Gasteiger partial charge in [-0.3, -0.25) is 19.3 Å². The molecule has 3 rings (SSSR count). The molecule has 1 unspecified atom stereocenters. The van der Waals surface area contributed by atoms with E-state index in [1.807, 2.05) is 30.3 Å². The summed E-state index contributed by atoms with van der Waals surface area (Å²) in [5, 5.41) is 11.3. The van der Waals surface area contributed by atoms with Gasteiger partial charge in [0.15, 0.2) is 0 Å². The summed E-state index contributed by atoms with van der Waals surface area (Å²) in [5.74, 6) is -3.01. The van der Waals surface area contributed by atoms with Crippen LogP contribution in [-0.2, 0) is 20.6 Å². The van der Waals surface area contributed by atoms with Gasteiger partial charge in [0.05, 0.1) is 18.2 Å². The second kappa shape index (κ2) is 12.5. The first-order valence-electron chi connectivity index (χ1n) is 11.7. The van der Waals surface area contributed by atoms with E-state index in [-0.39, 0.29) is 30.5 Å². The summed E-state index contributed by atoms with van der Waals surface area (Å²) < 4.78 is 52.0. The SMILES string of the molecule is O=C(O)CCCN1CCN(C(=O)CNC(=O)/C=C/c2ccc(C(F)(F)F)cc2F)C(c2ccccc2)C1. The highest BCUT2D eigenvalue weighted by Gasteiger charge is 2.32. The molecular weight excluding hydrogens is 494 g/mol. The van der Waals surface area contributed by atoms with E-state index in [0.717, 1.165) is 29.8 Å². The minimum absolute atomic E-state index is 0.0606. The fourth-order valence-electron chi connectivity index (χ4n) is 4.08. The summed E-state index contributed by atoms with van der Waals surface area (Å²) in [6.45, 7) is 1.71. The summed E-state index contributed by atoms with van der Waals surface area (Å²) in [5.41, 5.74) is -0.424. The van der Waals surface area contributed by atoms with Crippen LogP contribution in [0.2, 0.25) is 0 Å². The maximum Gasteiger partial charge on any atom is 0.416 e. The van der Waals surface area contributed by atoms with Crippen molar-refractivity contribution >= 4 is 23.9 Å². The van der Waals surface area contributed by atoms with E-state index >= 15 is 0 Å². The Kier molecular flexibility index (Phi) is 9.40. The summed E-state index contributed by atoms with van der Waals surface area (Å²) in [4.78, 5) is 39.7. The highest BCUT2D eigenvalue weighted by atomic mass is 19.4. The van der Waals surface area contributed by atoms with E-state index in [2.05, 4.69) is 10.2 Å². The van der Waals surface area contributed by atoms with Crippen molar-refractivity contribution in [2.45, 2.75) is 25.1 Å². The molecule has 1 saturated heterocycles. The third-order valence-electron chi connectivity index (χ3n) is 5.99. The van der Waals surface area contributed by atoms with Crippen LogP contribution in [0.1, 0.15) is 35.6 Å². The van der Waals surface area contributed by atoms with Crippen molar-refractivity contribution in [3.05, 3.63) is 77.1 Å². The Balaban J connectivity index is 1.60. The van der Waals surface area contributed by atoms with Crippen LogP contribution < -0.4 is 5.32 Å². The number of carboxylic acids is 1. The molecule has 1 atom stereocenters. The van der Waals surface area contributed by atoms with E-state index in [4.69, 9.17) is 5.11 Å². The first kappa shape index (κ1) is 27.9. The van der Waals surface area contributed by atoms with E-state index in [1.165, 1.54) is 0 Å². The third-order valence-corrected chi connectivity index (χ3v) is 5.99. The number of carboxylic acid groups (broad SMARTS) is 1. The number of rotatable bonds is 9.